The summed E-state index contributed by atoms with van der Waals surface area (Å²) in [6.45, 7) is 12.5. The van der Waals surface area contributed by atoms with Gasteiger partial charge in [-0.15, -0.1) is 0 Å². The van der Waals surface area contributed by atoms with E-state index in [-0.39, 0.29) is 17.8 Å². The molecule has 1 aromatic carbocycles. The SMILES string of the molecule is CC(=O)O[C@@H]1[CH][C@@]2(O)[C@H](C)CC[C@@H](C(C)CN3CCN(Cc4cccc(C(F)(F)F)c4)CC3)[C@H]2C=C1C. The Morgan fingerprint density at radius 2 is 1.86 bits per heavy atom. The summed E-state index contributed by atoms with van der Waals surface area (Å²) in [5, 5.41) is 11.7. The molecule has 1 saturated heterocycles. The maximum atomic E-state index is 13.1. The Kier molecular flexibility index (Phi) is 8.41. The Balaban J connectivity index is 1.35. The minimum absolute atomic E-state index is 0.0137. The number of halogens is 3. The predicted octanol–water partition coefficient (Wildman–Crippen LogP) is 4.95. The summed E-state index contributed by atoms with van der Waals surface area (Å²) in [5.41, 5.74) is 0.0672. The first-order valence-corrected chi connectivity index (χ1v) is 13.4. The average Bonchev–Trinajstić information content (AvgIpc) is 2.82. The largest absolute Gasteiger partial charge is 0.458 e. The molecule has 6 atom stereocenters. The lowest BCUT2D eigenvalue weighted by Gasteiger charge is -2.53. The lowest BCUT2D eigenvalue weighted by molar-refractivity contribution is -0.148. The molecule has 1 N–H and O–H groups in total. The third-order valence-electron chi connectivity index (χ3n) is 8.72. The van der Waals surface area contributed by atoms with Gasteiger partial charge in [-0.05, 0) is 54.7 Å². The molecule has 3 aliphatic rings. The third-order valence-corrected chi connectivity index (χ3v) is 8.72. The number of hydrogen-bond acceptors (Lipinski definition) is 5. The van der Waals surface area contributed by atoms with Crippen LogP contribution in [0.2, 0.25) is 0 Å². The highest BCUT2D eigenvalue weighted by molar-refractivity contribution is 5.66. The van der Waals surface area contributed by atoms with Crippen LogP contribution in [-0.2, 0) is 22.3 Å². The summed E-state index contributed by atoms with van der Waals surface area (Å²) in [5.74, 6) is 0.398. The molecule has 205 valence electrons. The van der Waals surface area contributed by atoms with Gasteiger partial charge in [0, 0.05) is 58.5 Å². The van der Waals surface area contributed by atoms with Crippen LogP contribution in [0.15, 0.2) is 35.9 Å². The van der Waals surface area contributed by atoms with Crippen LogP contribution >= 0.6 is 0 Å². The number of aliphatic hydroxyl groups is 1. The summed E-state index contributed by atoms with van der Waals surface area (Å²) < 4.78 is 44.6. The maximum absolute atomic E-state index is 13.1. The molecule has 1 radical (unpaired) electrons. The van der Waals surface area contributed by atoms with Crippen LogP contribution in [0, 0.1) is 30.1 Å². The third kappa shape index (κ3) is 6.40. The van der Waals surface area contributed by atoms with E-state index in [9.17, 15) is 23.1 Å². The van der Waals surface area contributed by atoms with E-state index in [1.165, 1.54) is 19.1 Å². The summed E-state index contributed by atoms with van der Waals surface area (Å²) in [6.07, 6.45) is 1.14. The molecule has 8 heteroatoms. The standard InChI is InChI=1S/C29H40F3N2O3/c1-19-14-26-25(9-8-21(3)28(26,36)16-27(19)37-22(4)35)20(2)17-33-10-12-34(13-11-33)18-23-6-5-7-24(15-23)29(30,31)32/h5-7,14-16,20-21,25-27,36H,8-13,17-18H2,1-4H3/t20?,21-,25+,26-,27-,28-/m1/s1. The number of hydrogen-bond donors (Lipinski definition) is 1. The van der Waals surface area contributed by atoms with Gasteiger partial charge in [0.15, 0.2) is 0 Å². The molecule has 0 spiro atoms. The van der Waals surface area contributed by atoms with Crippen molar-refractivity contribution >= 4 is 5.97 Å². The Labute approximate surface area is 218 Å². The molecular formula is C29H40F3N2O3. The van der Waals surface area contributed by atoms with Gasteiger partial charge in [0.25, 0.3) is 0 Å². The van der Waals surface area contributed by atoms with Crippen molar-refractivity contribution < 1.29 is 27.8 Å². The topological polar surface area (TPSA) is 53.0 Å². The summed E-state index contributed by atoms with van der Waals surface area (Å²) >= 11 is 0. The number of carbonyl (C=O) groups is 1. The van der Waals surface area contributed by atoms with Gasteiger partial charge < -0.3 is 14.7 Å². The van der Waals surface area contributed by atoms with Gasteiger partial charge >= 0.3 is 12.1 Å². The molecule has 1 aromatic rings. The number of ether oxygens (including phenoxy) is 1. The Morgan fingerprint density at radius 1 is 1.19 bits per heavy atom. The van der Waals surface area contributed by atoms with E-state index in [0.29, 0.717) is 23.9 Å². The molecule has 0 aromatic heterocycles. The van der Waals surface area contributed by atoms with Crippen molar-refractivity contribution in [2.45, 2.75) is 65.0 Å². The number of piperazine rings is 1. The molecule has 2 aliphatic carbocycles. The first-order chi connectivity index (χ1) is 17.4. The van der Waals surface area contributed by atoms with Gasteiger partial charge in [0.1, 0.15) is 6.10 Å². The van der Waals surface area contributed by atoms with E-state index >= 15 is 0 Å². The van der Waals surface area contributed by atoms with Crippen molar-refractivity contribution in [2.24, 2.45) is 23.7 Å². The van der Waals surface area contributed by atoms with Crippen molar-refractivity contribution in [1.29, 1.82) is 0 Å². The second-order valence-electron chi connectivity index (χ2n) is 11.4. The van der Waals surface area contributed by atoms with E-state index in [0.717, 1.165) is 57.2 Å². The van der Waals surface area contributed by atoms with Gasteiger partial charge in [-0.2, -0.15) is 13.2 Å². The molecular weight excluding hydrogens is 481 g/mol. The quantitative estimate of drug-likeness (QED) is 0.424. The maximum Gasteiger partial charge on any atom is 0.416 e. The number of benzene rings is 1. The Morgan fingerprint density at radius 3 is 2.51 bits per heavy atom. The highest BCUT2D eigenvalue weighted by Crippen LogP contribution is 2.50. The minimum atomic E-state index is -4.32. The van der Waals surface area contributed by atoms with Gasteiger partial charge in [-0.3, -0.25) is 9.69 Å². The van der Waals surface area contributed by atoms with Gasteiger partial charge in [-0.25, -0.2) is 0 Å². The zero-order chi connectivity index (χ0) is 27.0. The molecule has 5 nitrogen and oxygen atoms in total. The molecule has 1 saturated carbocycles. The normalized spacial score (nSPS) is 32.4. The second-order valence-corrected chi connectivity index (χ2v) is 11.4. The number of carbonyl (C=O) groups excluding carboxylic acids is 1. The summed E-state index contributed by atoms with van der Waals surface area (Å²) in [6, 6.07) is 5.61. The van der Waals surface area contributed by atoms with E-state index in [4.69, 9.17) is 4.74 Å². The lowest BCUT2D eigenvalue weighted by atomic mass is 9.57. The molecule has 2 fully saturated rings. The van der Waals surface area contributed by atoms with Crippen molar-refractivity contribution in [1.82, 2.24) is 9.80 Å². The predicted molar refractivity (Wildman–Crippen MR) is 136 cm³/mol. The Hall–Kier alpha value is -1.90. The monoisotopic (exact) mass is 521 g/mol. The van der Waals surface area contributed by atoms with Crippen LogP contribution in [0.1, 0.15) is 51.7 Å². The molecule has 1 unspecified atom stereocenters. The lowest BCUT2D eigenvalue weighted by Crippen LogP contribution is -2.57. The van der Waals surface area contributed by atoms with E-state index in [1.54, 1.807) is 6.07 Å². The van der Waals surface area contributed by atoms with Crippen LogP contribution in [0.4, 0.5) is 13.2 Å². The fourth-order valence-electron chi connectivity index (χ4n) is 6.53. The molecule has 0 bridgehead atoms. The minimum Gasteiger partial charge on any atom is -0.458 e. The van der Waals surface area contributed by atoms with Gasteiger partial charge in [0.2, 0.25) is 0 Å². The fourth-order valence-corrected chi connectivity index (χ4v) is 6.53. The van der Waals surface area contributed by atoms with Crippen LogP contribution in [0.5, 0.6) is 0 Å². The van der Waals surface area contributed by atoms with Crippen molar-refractivity contribution in [3.63, 3.8) is 0 Å². The van der Waals surface area contributed by atoms with Gasteiger partial charge in [0.05, 0.1) is 11.2 Å². The number of fused-ring (bicyclic) bond motifs is 1. The number of alkyl halides is 3. The zero-order valence-electron chi connectivity index (χ0n) is 22.3. The number of esters is 1. The molecule has 4 rings (SSSR count). The summed E-state index contributed by atoms with van der Waals surface area (Å²) in [7, 11) is 0. The first kappa shape index (κ1) is 28.1. The van der Waals surface area contributed by atoms with Crippen LogP contribution in [0.25, 0.3) is 0 Å². The van der Waals surface area contributed by atoms with E-state index in [2.05, 4.69) is 29.7 Å². The molecule has 37 heavy (non-hydrogen) atoms. The van der Waals surface area contributed by atoms with Gasteiger partial charge in [-0.1, -0.05) is 38.1 Å². The van der Waals surface area contributed by atoms with E-state index in [1.807, 2.05) is 13.3 Å². The first-order valence-electron chi connectivity index (χ1n) is 13.4. The van der Waals surface area contributed by atoms with Crippen molar-refractivity contribution in [3.05, 3.63) is 53.5 Å². The van der Waals surface area contributed by atoms with Crippen molar-refractivity contribution in [2.75, 3.05) is 32.7 Å². The highest BCUT2D eigenvalue weighted by Gasteiger charge is 2.53. The molecule has 0 amide bonds. The number of nitrogens with zero attached hydrogens (tertiary/aromatic N) is 2. The number of rotatable bonds is 6. The molecule has 1 aliphatic heterocycles. The van der Waals surface area contributed by atoms with Crippen LogP contribution in [-0.4, -0.2) is 65.3 Å². The molecule has 1 heterocycles. The van der Waals surface area contributed by atoms with Crippen LogP contribution < -0.4 is 0 Å². The highest BCUT2D eigenvalue weighted by atomic mass is 19.4. The Bertz CT molecular complexity index is 989. The van der Waals surface area contributed by atoms with Crippen molar-refractivity contribution in [3.8, 4) is 0 Å². The average molecular weight is 522 g/mol. The smallest absolute Gasteiger partial charge is 0.416 e. The zero-order valence-corrected chi connectivity index (χ0v) is 22.3. The summed E-state index contributed by atoms with van der Waals surface area (Å²) in [4.78, 5) is 16.2. The van der Waals surface area contributed by atoms with Crippen LogP contribution in [0.3, 0.4) is 0 Å². The second kappa shape index (κ2) is 11.1. The fraction of sp³-hybridized carbons (Fsp3) is 0.655. The van der Waals surface area contributed by atoms with E-state index < -0.39 is 23.4 Å².